The summed E-state index contributed by atoms with van der Waals surface area (Å²) in [5.74, 6) is -0.946. The summed E-state index contributed by atoms with van der Waals surface area (Å²) in [5, 5.41) is 1.76. The van der Waals surface area contributed by atoms with Crippen LogP contribution in [-0.2, 0) is 18.9 Å². The lowest BCUT2D eigenvalue weighted by Crippen LogP contribution is -2.48. The molecular formula is C14H12BClN2O4. The number of pyridine rings is 1. The van der Waals surface area contributed by atoms with E-state index in [1.807, 2.05) is 18.2 Å². The van der Waals surface area contributed by atoms with Gasteiger partial charge in [0.25, 0.3) is 0 Å². The van der Waals surface area contributed by atoms with E-state index in [0.717, 1.165) is 5.39 Å². The van der Waals surface area contributed by atoms with E-state index in [2.05, 4.69) is 4.98 Å². The molecule has 3 rings (SSSR count). The first-order valence-corrected chi connectivity index (χ1v) is 7.03. The number of carbonyl (C=O) groups excluding carboxylic acids is 2. The second kappa shape index (κ2) is 5.94. The SMILES string of the molecule is CN1CC(=O)OB(c2cnc(Cl)c3ccccc23)OC(=O)C1. The van der Waals surface area contributed by atoms with Crippen LogP contribution in [0.1, 0.15) is 0 Å². The van der Waals surface area contributed by atoms with Crippen LogP contribution in [0.2, 0.25) is 5.15 Å². The predicted octanol–water partition coefficient (Wildman–Crippen LogP) is 0.615. The monoisotopic (exact) mass is 318 g/mol. The highest BCUT2D eigenvalue weighted by Crippen LogP contribution is 2.20. The van der Waals surface area contributed by atoms with E-state index in [9.17, 15) is 9.59 Å². The Kier molecular flexibility index (Phi) is 4.00. The smallest absolute Gasteiger partial charge is 0.494 e. The van der Waals surface area contributed by atoms with Crippen molar-refractivity contribution in [1.82, 2.24) is 9.88 Å². The average molecular weight is 319 g/mol. The number of benzene rings is 1. The molecule has 1 saturated heterocycles. The van der Waals surface area contributed by atoms with Gasteiger partial charge in [-0.3, -0.25) is 14.5 Å². The maximum Gasteiger partial charge on any atom is 0.638 e. The molecule has 0 N–H and O–H groups in total. The lowest BCUT2D eigenvalue weighted by atomic mass is 9.77. The van der Waals surface area contributed by atoms with Crippen molar-refractivity contribution >= 4 is 46.9 Å². The molecule has 112 valence electrons. The molecule has 0 saturated carbocycles. The summed E-state index contributed by atoms with van der Waals surface area (Å²) in [4.78, 5) is 29.3. The van der Waals surface area contributed by atoms with Crippen LogP contribution >= 0.6 is 11.6 Å². The van der Waals surface area contributed by atoms with Gasteiger partial charge in [-0.15, -0.1) is 0 Å². The van der Waals surface area contributed by atoms with Crippen LogP contribution in [0.4, 0.5) is 0 Å². The number of fused-ring (bicyclic) bond motifs is 1. The number of carbonyl (C=O) groups is 2. The van der Waals surface area contributed by atoms with Gasteiger partial charge in [-0.1, -0.05) is 35.9 Å². The fourth-order valence-electron chi connectivity index (χ4n) is 2.33. The Morgan fingerprint density at radius 1 is 1.14 bits per heavy atom. The fourth-order valence-corrected chi connectivity index (χ4v) is 2.54. The second-order valence-corrected chi connectivity index (χ2v) is 5.39. The molecule has 0 amide bonds. The van der Waals surface area contributed by atoms with Crippen molar-refractivity contribution < 1.29 is 18.9 Å². The van der Waals surface area contributed by atoms with Crippen LogP contribution in [0.3, 0.4) is 0 Å². The number of halogens is 1. The Morgan fingerprint density at radius 2 is 1.73 bits per heavy atom. The van der Waals surface area contributed by atoms with Gasteiger partial charge in [-0.25, -0.2) is 4.98 Å². The molecule has 8 heteroatoms. The fraction of sp³-hybridized carbons (Fsp3) is 0.214. The Hall–Kier alpha value is -2.12. The summed E-state index contributed by atoms with van der Waals surface area (Å²) in [7, 11) is 0.519. The lowest BCUT2D eigenvalue weighted by Gasteiger charge is -2.23. The van der Waals surface area contributed by atoms with Crippen LogP contribution in [0.25, 0.3) is 10.8 Å². The first kappa shape index (κ1) is 14.8. The molecule has 6 nitrogen and oxygen atoms in total. The minimum atomic E-state index is -1.12. The van der Waals surface area contributed by atoms with E-state index in [1.165, 1.54) is 11.1 Å². The largest absolute Gasteiger partial charge is 0.638 e. The zero-order valence-electron chi connectivity index (χ0n) is 11.8. The van der Waals surface area contributed by atoms with Crippen molar-refractivity contribution in [2.45, 2.75) is 0 Å². The first-order valence-electron chi connectivity index (χ1n) is 6.65. The van der Waals surface area contributed by atoms with Crippen molar-refractivity contribution in [3.05, 3.63) is 35.6 Å². The van der Waals surface area contributed by atoms with Crippen molar-refractivity contribution in [3.63, 3.8) is 0 Å². The zero-order chi connectivity index (χ0) is 15.7. The van der Waals surface area contributed by atoms with Gasteiger partial charge in [0, 0.05) is 17.0 Å². The number of likely N-dealkylation sites (N-methyl/N-ethyl adjacent to an activating group) is 1. The minimum absolute atomic E-state index is 0.0184. The average Bonchev–Trinajstić information content (AvgIpc) is 2.45. The molecule has 1 aliphatic heterocycles. The normalized spacial score (nSPS) is 16.9. The molecule has 1 aliphatic rings. The van der Waals surface area contributed by atoms with E-state index in [4.69, 9.17) is 20.9 Å². The van der Waals surface area contributed by atoms with Crippen molar-refractivity contribution in [2.24, 2.45) is 0 Å². The molecule has 1 fully saturated rings. The van der Waals surface area contributed by atoms with Gasteiger partial charge in [-0.2, -0.15) is 0 Å². The standard InChI is InChI=1S/C14H12BClN2O4/c1-18-7-12(19)21-15(22-13(20)8-18)11-6-17-14(16)10-5-3-2-4-9(10)11/h2-6H,7-8H2,1H3. The zero-order valence-corrected chi connectivity index (χ0v) is 12.5. The summed E-state index contributed by atoms with van der Waals surface area (Å²) in [6.07, 6.45) is 1.46. The number of nitrogens with zero attached hydrogens (tertiary/aromatic N) is 2. The third-order valence-electron chi connectivity index (χ3n) is 3.31. The molecule has 2 heterocycles. The number of hydrogen-bond donors (Lipinski definition) is 0. The molecule has 0 bridgehead atoms. The predicted molar refractivity (Wildman–Crippen MR) is 81.8 cm³/mol. The Bertz CT molecular complexity index is 735. The molecule has 22 heavy (non-hydrogen) atoms. The molecular weight excluding hydrogens is 306 g/mol. The Balaban J connectivity index is 2.04. The molecule has 0 atom stereocenters. The highest BCUT2D eigenvalue weighted by atomic mass is 35.5. The maximum absolute atomic E-state index is 11.8. The Labute approximate surface area is 132 Å². The van der Waals surface area contributed by atoms with Crippen molar-refractivity contribution in [2.75, 3.05) is 20.1 Å². The van der Waals surface area contributed by atoms with Crippen LogP contribution in [0.15, 0.2) is 30.5 Å². The molecule has 0 unspecified atom stereocenters. The van der Waals surface area contributed by atoms with E-state index in [-0.39, 0.29) is 13.1 Å². The molecule has 0 spiro atoms. The van der Waals surface area contributed by atoms with Crippen molar-refractivity contribution in [3.8, 4) is 0 Å². The lowest BCUT2D eigenvalue weighted by molar-refractivity contribution is -0.145. The third kappa shape index (κ3) is 2.91. The van der Waals surface area contributed by atoms with Gasteiger partial charge in [0.1, 0.15) is 5.15 Å². The van der Waals surface area contributed by atoms with E-state index < -0.39 is 19.1 Å². The number of rotatable bonds is 1. The highest BCUT2D eigenvalue weighted by molar-refractivity contribution is 6.67. The topological polar surface area (TPSA) is 68.7 Å². The molecule has 2 aromatic rings. The second-order valence-electron chi connectivity index (χ2n) is 5.03. The Morgan fingerprint density at radius 3 is 2.36 bits per heavy atom. The summed E-state index contributed by atoms with van der Waals surface area (Å²) < 4.78 is 10.5. The van der Waals surface area contributed by atoms with E-state index in [1.54, 1.807) is 13.1 Å². The van der Waals surface area contributed by atoms with Gasteiger partial charge in [0.15, 0.2) is 0 Å². The quantitative estimate of drug-likeness (QED) is 0.567. The van der Waals surface area contributed by atoms with Crippen LogP contribution in [0, 0.1) is 0 Å². The molecule has 0 radical (unpaired) electrons. The summed E-state index contributed by atoms with van der Waals surface area (Å²) in [6.45, 7) is 0.0368. The molecule has 1 aromatic carbocycles. The molecule has 1 aromatic heterocycles. The van der Waals surface area contributed by atoms with Gasteiger partial charge < -0.3 is 9.31 Å². The third-order valence-corrected chi connectivity index (χ3v) is 3.61. The summed E-state index contributed by atoms with van der Waals surface area (Å²) in [5.41, 5.74) is 0.492. The van der Waals surface area contributed by atoms with Crippen LogP contribution in [0.5, 0.6) is 0 Å². The summed E-state index contributed by atoms with van der Waals surface area (Å²) >= 11 is 6.07. The first-order chi connectivity index (χ1) is 10.5. The molecule has 0 aliphatic carbocycles. The number of aromatic nitrogens is 1. The number of hydrogen-bond acceptors (Lipinski definition) is 6. The van der Waals surface area contributed by atoms with Gasteiger partial charge >= 0.3 is 19.1 Å². The van der Waals surface area contributed by atoms with Crippen LogP contribution in [-0.4, -0.2) is 49.1 Å². The van der Waals surface area contributed by atoms with Gasteiger partial charge in [-0.05, 0) is 12.4 Å². The van der Waals surface area contributed by atoms with Gasteiger partial charge in [0.05, 0.1) is 13.1 Å². The maximum atomic E-state index is 11.8. The van der Waals surface area contributed by atoms with Crippen LogP contribution < -0.4 is 5.46 Å². The van der Waals surface area contributed by atoms with E-state index >= 15 is 0 Å². The van der Waals surface area contributed by atoms with Gasteiger partial charge in [0.2, 0.25) is 0 Å². The van der Waals surface area contributed by atoms with Crippen molar-refractivity contribution in [1.29, 1.82) is 0 Å². The minimum Gasteiger partial charge on any atom is -0.494 e. The highest BCUT2D eigenvalue weighted by Gasteiger charge is 2.35. The summed E-state index contributed by atoms with van der Waals surface area (Å²) in [6, 6.07) is 7.26. The van der Waals surface area contributed by atoms with E-state index in [0.29, 0.717) is 16.0 Å².